The van der Waals surface area contributed by atoms with Crippen molar-refractivity contribution in [3.8, 4) is 0 Å². The first-order valence-corrected chi connectivity index (χ1v) is 4.43. The fourth-order valence-corrected chi connectivity index (χ4v) is 1.88. The molecule has 0 aromatic heterocycles. The van der Waals surface area contributed by atoms with Crippen molar-refractivity contribution in [2.24, 2.45) is 5.92 Å². The molecule has 1 saturated carbocycles. The number of rotatable bonds is 1. The summed E-state index contributed by atoms with van der Waals surface area (Å²) in [6, 6.07) is 0. The minimum atomic E-state index is -3.13. The van der Waals surface area contributed by atoms with Crippen LogP contribution in [-0.4, -0.2) is 15.5 Å². The number of aliphatic hydroxyl groups is 1. The maximum Gasteiger partial charge on any atom is 0.329 e. The summed E-state index contributed by atoms with van der Waals surface area (Å²) >= 11 is 2.21. The smallest absolute Gasteiger partial charge is 0.329 e. The van der Waals surface area contributed by atoms with Gasteiger partial charge in [0.15, 0.2) is 0 Å². The van der Waals surface area contributed by atoms with Crippen LogP contribution in [0.5, 0.6) is 0 Å². The van der Waals surface area contributed by atoms with E-state index in [4.69, 9.17) is 0 Å². The molecular formula is C7H11BrF2O. The van der Waals surface area contributed by atoms with Crippen molar-refractivity contribution in [2.75, 3.05) is 0 Å². The van der Waals surface area contributed by atoms with Crippen LogP contribution < -0.4 is 0 Å². The van der Waals surface area contributed by atoms with Crippen molar-refractivity contribution in [3.05, 3.63) is 0 Å². The summed E-state index contributed by atoms with van der Waals surface area (Å²) in [6.07, 6.45) is 1.05. The Labute approximate surface area is 72.9 Å². The number of hydrogen-bond acceptors (Lipinski definition) is 1. The van der Waals surface area contributed by atoms with Crippen molar-refractivity contribution in [1.29, 1.82) is 0 Å². The first kappa shape index (κ1) is 9.39. The summed E-state index contributed by atoms with van der Waals surface area (Å²) in [7, 11) is 0. The van der Waals surface area contributed by atoms with Crippen molar-refractivity contribution in [2.45, 2.75) is 36.6 Å². The first-order chi connectivity index (χ1) is 4.85. The molecule has 0 aromatic rings. The van der Waals surface area contributed by atoms with Crippen LogP contribution in [0.3, 0.4) is 0 Å². The van der Waals surface area contributed by atoms with Crippen molar-refractivity contribution in [1.82, 2.24) is 0 Å². The number of halogens is 3. The van der Waals surface area contributed by atoms with Crippen LogP contribution in [0.15, 0.2) is 0 Å². The quantitative estimate of drug-likeness (QED) is 0.685. The van der Waals surface area contributed by atoms with Gasteiger partial charge in [0.05, 0.1) is 0 Å². The van der Waals surface area contributed by atoms with Crippen LogP contribution in [0.1, 0.15) is 26.2 Å². The molecule has 0 bridgehead atoms. The van der Waals surface area contributed by atoms with Gasteiger partial charge in [-0.15, -0.1) is 0 Å². The summed E-state index contributed by atoms with van der Waals surface area (Å²) < 4.78 is 25.3. The fraction of sp³-hybridized carbons (Fsp3) is 1.00. The van der Waals surface area contributed by atoms with Gasteiger partial charge in [0, 0.05) is 0 Å². The lowest BCUT2D eigenvalue weighted by Crippen LogP contribution is -2.41. The molecule has 0 aliphatic heterocycles. The zero-order chi connectivity index (χ0) is 8.70. The van der Waals surface area contributed by atoms with Crippen molar-refractivity contribution in [3.63, 3.8) is 0 Å². The average molecular weight is 229 g/mol. The van der Waals surface area contributed by atoms with Crippen LogP contribution in [-0.2, 0) is 0 Å². The molecule has 2 atom stereocenters. The predicted molar refractivity (Wildman–Crippen MR) is 41.8 cm³/mol. The van der Waals surface area contributed by atoms with E-state index in [1.165, 1.54) is 0 Å². The van der Waals surface area contributed by atoms with Crippen LogP contribution in [0.25, 0.3) is 0 Å². The molecule has 11 heavy (non-hydrogen) atoms. The van der Waals surface area contributed by atoms with Gasteiger partial charge in [-0.2, -0.15) is 8.78 Å². The third kappa shape index (κ3) is 1.72. The summed E-state index contributed by atoms with van der Waals surface area (Å²) in [5, 5.41) is 9.40. The van der Waals surface area contributed by atoms with Crippen LogP contribution >= 0.6 is 15.9 Å². The first-order valence-electron chi connectivity index (χ1n) is 3.64. The van der Waals surface area contributed by atoms with Gasteiger partial charge in [0.1, 0.15) is 5.60 Å². The molecule has 66 valence electrons. The third-order valence-electron chi connectivity index (χ3n) is 2.26. The third-order valence-corrected chi connectivity index (χ3v) is 3.00. The van der Waals surface area contributed by atoms with Gasteiger partial charge >= 0.3 is 4.83 Å². The largest absolute Gasteiger partial charge is 0.383 e. The van der Waals surface area contributed by atoms with Crippen molar-refractivity contribution >= 4 is 15.9 Å². The van der Waals surface area contributed by atoms with Gasteiger partial charge in [-0.1, -0.05) is 6.92 Å². The Morgan fingerprint density at radius 2 is 2.18 bits per heavy atom. The highest BCUT2D eigenvalue weighted by Gasteiger charge is 2.53. The van der Waals surface area contributed by atoms with E-state index >= 15 is 0 Å². The molecular weight excluding hydrogens is 218 g/mol. The van der Waals surface area contributed by atoms with E-state index in [2.05, 4.69) is 15.9 Å². The standard InChI is InChI=1S/C7H11BrF2O/c1-5-2-3-6(11,4-5)7(8,9)10/h5,11H,2-4H2,1H3. The molecule has 1 aliphatic carbocycles. The lowest BCUT2D eigenvalue weighted by atomic mass is 10.0. The molecule has 0 spiro atoms. The van der Waals surface area contributed by atoms with Gasteiger partial charge in [-0.05, 0) is 41.1 Å². The van der Waals surface area contributed by atoms with E-state index in [0.29, 0.717) is 6.42 Å². The Kier molecular flexibility index (Phi) is 2.27. The van der Waals surface area contributed by atoms with Gasteiger partial charge in [-0.3, -0.25) is 0 Å². The summed E-state index contributed by atoms with van der Waals surface area (Å²) in [6.45, 7) is 1.87. The number of hydrogen-bond donors (Lipinski definition) is 1. The molecule has 0 saturated heterocycles. The lowest BCUT2D eigenvalue weighted by Gasteiger charge is -2.27. The second-order valence-corrected chi connectivity index (χ2v) is 4.37. The number of alkyl halides is 3. The van der Waals surface area contributed by atoms with E-state index in [1.807, 2.05) is 6.92 Å². The highest BCUT2D eigenvalue weighted by atomic mass is 79.9. The van der Waals surface area contributed by atoms with E-state index < -0.39 is 10.4 Å². The molecule has 0 radical (unpaired) electrons. The zero-order valence-corrected chi connectivity index (χ0v) is 7.87. The Balaban J connectivity index is 2.69. The van der Waals surface area contributed by atoms with Crippen molar-refractivity contribution < 1.29 is 13.9 Å². The maximum atomic E-state index is 12.7. The minimum Gasteiger partial charge on any atom is -0.383 e. The SMILES string of the molecule is CC1CCC(O)(C(F)(F)Br)C1. The minimum absolute atomic E-state index is 0.186. The lowest BCUT2D eigenvalue weighted by molar-refractivity contribution is -0.112. The highest BCUT2D eigenvalue weighted by molar-refractivity contribution is 9.10. The molecule has 1 aliphatic rings. The van der Waals surface area contributed by atoms with Crippen LogP contribution in [0.2, 0.25) is 0 Å². The molecule has 1 rings (SSSR count). The monoisotopic (exact) mass is 228 g/mol. The summed E-state index contributed by atoms with van der Waals surface area (Å²) in [4.78, 5) is -3.13. The molecule has 0 aromatic carbocycles. The Morgan fingerprint density at radius 3 is 2.36 bits per heavy atom. The highest BCUT2D eigenvalue weighted by Crippen LogP contribution is 2.47. The molecule has 1 nitrogen and oxygen atoms in total. The average Bonchev–Trinajstić information content (AvgIpc) is 2.10. The molecule has 4 heteroatoms. The van der Waals surface area contributed by atoms with Crippen LogP contribution in [0.4, 0.5) is 8.78 Å². The predicted octanol–water partition coefficient (Wildman–Crippen LogP) is 2.53. The summed E-state index contributed by atoms with van der Waals surface area (Å²) in [5.41, 5.74) is -1.81. The van der Waals surface area contributed by atoms with Gasteiger partial charge in [-0.25, -0.2) is 0 Å². The molecule has 2 unspecified atom stereocenters. The molecule has 1 fully saturated rings. The molecule has 0 amide bonds. The topological polar surface area (TPSA) is 20.2 Å². The van der Waals surface area contributed by atoms with E-state index in [9.17, 15) is 13.9 Å². The van der Waals surface area contributed by atoms with Gasteiger partial charge in [0.25, 0.3) is 0 Å². The maximum absolute atomic E-state index is 12.7. The summed E-state index contributed by atoms with van der Waals surface area (Å²) in [5.74, 6) is 0.198. The van der Waals surface area contributed by atoms with E-state index in [1.54, 1.807) is 0 Å². The molecule has 0 heterocycles. The Morgan fingerprint density at radius 1 is 1.64 bits per heavy atom. The second-order valence-electron chi connectivity index (χ2n) is 3.38. The Hall–Kier alpha value is 0.300. The van der Waals surface area contributed by atoms with Gasteiger partial charge in [0.2, 0.25) is 0 Å². The van der Waals surface area contributed by atoms with Crippen LogP contribution in [0, 0.1) is 5.92 Å². The molecule has 1 N–H and O–H groups in total. The fourth-order valence-electron chi connectivity index (χ4n) is 1.52. The van der Waals surface area contributed by atoms with E-state index in [0.717, 1.165) is 0 Å². The second kappa shape index (κ2) is 2.66. The van der Waals surface area contributed by atoms with Gasteiger partial charge < -0.3 is 5.11 Å². The Bertz CT molecular complexity index is 157. The zero-order valence-electron chi connectivity index (χ0n) is 6.28. The normalized spacial score (nSPS) is 39.5. The van der Waals surface area contributed by atoms with E-state index in [-0.39, 0.29) is 18.8 Å².